The number of rotatable bonds is 5. The van der Waals surface area contributed by atoms with Crippen LogP contribution in [0.15, 0.2) is 79.0 Å². The summed E-state index contributed by atoms with van der Waals surface area (Å²) in [5.41, 5.74) is 7.84. The van der Waals surface area contributed by atoms with E-state index in [0.717, 1.165) is 22.8 Å². The van der Waals surface area contributed by atoms with Crippen LogP contribution in [0.1, 0.15) is 40.3 Å². The van der Waals surface area contributed by atoms with Gasteiger partial charge in [0.2, 0.25) is 0 Å². The summed E-state index contributed by atoms with van der Waals surface area (Å²) in [5, 5.41) is 4.21. The highest BCUT2D eigenvalue weighted by molar-refractivity contribution is 7.80. The molecule has 0 bridgehead atoms. The molecule has 2 atom stereocenters. The first kappa shape index (κ1) is 22.2. The first-order valence-electron chi connectivity index (χ1n) is 11.4. The summed E-state index contributed by atoms with van der Waals surface area (Å²) >= 11 is 5.90. The van der Waals surface area contributed by atoms with Gasteiger partial charge >= 0.3 is 0 Å². The van der Waals surface area contributed by atoms with Crippen molar-refractivity contribution in [3.63, 3.8) is 0 Å². The van der Waals surface area contributed by atoms with E-state index in [2.05, 4.69) is 83.0 Å². The highest BCUT2D eigenvalue weighted by Crippen LogP contribution is 2.46. The lowest BCUT2D eigenvalue weighted by Crippen LogP contribution is -2.30. The summed E-state index contributed by atoms with van der Waals surface area (Å²) in [5.74, 6) is 0.783. The van der Waals surface area contributed by atoms with Crippen molar-refractivity contribution in [2.24, 2.45) is 0 Å². The molecule has 2 aromatic heterocycles. The number of pyridine rings is 1. The van der Waals surface area contributed by atoms with Gasteiger partial charge in [-0.2, -0.15) is 0 Å². The van der Waals surface area contributed by atoms with Crippen LogP contribution in [0.3, 0.4) is 0 Å². The molecule has 0 radical (unpaired) electrons. The summed E-state index contributed by atoms with van der Waals surface area (Å²) < 4.78 is 8.03. The predicted octanol–water partition coefficient (Wildman–Crippen LogP) is 5.98. The van der Waals surface area contributed by atoms with Crippen molar-refractivity contribution in [1.29, 1.82) is 0 Å². The highest BCUT2D eigenvalue weighted by atomic mass is 32.1. The van der Waals surface area contributed by atoms with Gasteiger partial charge in [0.15, 0.2) is 5.11 Å². The standard InChI is InChI=1S/C28H28N4OS/c1-18-12-14-21(15-13-18)31-19(2)17-22(20(31)3)27-26(23-9-7-8-16-29-23)30-28(34)32(27)24-10-5-6-11-25(24)33-4/h5-17,26-27H,1-4H3,(H,30,34)/t26-,27+/m0/s1. The minimum atomic E-state index is -0.106. The average Bonchev–Trinajstić information content (AvgIpc) is 3.35. The fraction of sp³-hybridized carbons (Fsp3) is 0.214. The summed E-state index contributed by atoms with van der Waals surface area (Å²) in [7, 11) is 1.69. The summed E-state index contributed by atoms with van der Waals surface area (Å²) in [6.45, 7) is 6.44. The number of methoxy groups -OCH3 is 1. The van der Waals surface area contributed by atoms with E-state index < -0.39 is 0 Å². The predicted molar refractivity (Wildman–Crippen MR) is 141 cm³/mol. The van der Waals surface area contributed by atoms with E-state index in [1.165, 1.54) is 22.5 Å². The maximum atomic E-state index is 5.90. The Bertz CT molecular complexity index is 1330. The van der Waals surface area contributed by atoms with E-state index in [1.54, 1.807) is 7.11 Å². The summed E-state index contributed by atoms with van der Waals surface area (Å²) in [6, 6.07) is 24.7. The number of nitrogens with one attached hydrogen (secondary N) is 1. The van der Waals surface area contributed by atoms with Gasteiger partial charge in [0.25, 0.3) is 0 Å². The number of nitrogens with zero attached hydrogens (tertiary/aromatic N) is 3. The molecule has 1 fully saturated rings. The molecule has 0 amide bonds. The molecule has 172 valence electrons. The third-order valence-corrected chi connectivity index (χ3v) is 6.84. The second kappa shape index (κ2) is 8.95. The first-order chi connectivity index (χ1) is 16.5. The molecule has 0 aliphatic carbocycles. The number of ether oxygens (including phenoxy) is 1. The highest BCUT2D eigenvalue weighted by Gasteiger charge is 2.43. The van der Waals surface area contributed by atoms with Gasteiger partial charge in [0.1, 0.15) is 5.75 Å². The van der Waals surface area contributed by atoms with Crippen molar-refractivity contribution < 1.29 is 4.74 Å². The summed E-state index contributed by atoms with van der Waals surface area (Å²) in [6.07, 6.45) is 1.83. The third kappa shape index (κ3) is 3.74. The number of anilines is 1. The molecule has 34 heavy (non-hydrogen) atoms. The lowest BCUT2D eigenvalue weighted by Gasteiger charge is -2.29. The van der Waals surface area contributed by atoms with E-state index in [-0.39, 0.29) is 12.1 Å². The van der Waals surface area contributed by atoms with Crippen LogP contribution < -0.4 is 15.0 Å². The van der Waals surface area contributed by atoms with E-state index >= 15 is 0 Å². The van der Waals surface area contributed by atoms with Gasteiger partial charge in [0, 0.05) is 23.3 Å². The Morgan fingerprint density at radius 2 is 1.68 bits per heavy atom. The van der Waals surface area contributed by atoms with Gasteiger partial charge in [-0.05, 0) is 81.0 Å². The van der Waals surface area contributed by atoms with Crippen LogP contribution in [-0.2, 0) is 0 Å². The minimum absolute atomic E-state index is 0.0934. The van der Waals surface area contributed by atoms with Crippen molar-refractivity contribution in [2.75, 3.05) is 12.0 Å². The van der Waals surface area contributed by atoms with Gasteiger partial charge in [-0.25, -0.2) is 0 Å². The average molecular weight is 469 g/mol. The van der Waals surface area contributed by atoms with E-state index in [1.807, 2.05) is 36.5 Å². The normalized spacial score (nSPS) is 17.6. The van der Waals surface area contributed by atoms with Gasteiger partial charge in [-0.1, -0.05) is 35.9 Å². The van der Waals surface area contributed by atoms with Crippen molar-refractivity contribution in [2.45, 2.75) is 32.9 Å². The second-order valence-corrected chi connectivity index (χ2v) is 9.05. The Kier molecular flexibility index (Phi) is 5.84. The molecule has 0 saturated carbocycles. The first-order valence-corrected chi connectivity index (χ1v) is 11.8. The van der Waals surface area contributed by atoms with Crippen molar-refractivity contribution in [1.82, 2.24) is 14.9 Å². The van der Waals surface area contributed by atoms with Crippen LogP contribution in [-0.4, -0.2) is 21.8 Å². The number of para-hydroxylation sites is 2. The Hall–Kier alpha value is -3.64. The van der Waals surface area contributed by atoms with Gasteiger partial charge in [-0.15, -0.1) is 0 Å². The van der Waals surface area contributed by atoms with Crippen molar-refractivity contribution >= 4 is 23.0 Å². The molecule has 1 aliphatic heterocycles. The molecule has 5 rings (SSSR count). The van der Waals surface area contributed by atoms with Gasteiger partial charge in [0.05, 0.1) is 30.6 Å². The Morgan fingerprint density at radius 3 is 2.38 bits per heavy atom. The number of thiocarbonyl (C=S) groups is 1. The molecule has 5 nitrogen and oxygen atoms in total. The van der Waals surface area contributed by atoms with E-state index in [9.17, 15) is 0 Å². The molecular weight excluding hydrogens is 440 g/mol. The molecule has 4 aromatic rings. The molecule has 1 aliphatic rings. The molecule has 3 heterocycles. The van der Waals surface area contributed by atoms with Gasteiger partial charge in [-0.3, -0.25) is 4.98 Å². The second-order valence-electron chi connectivity index (χ2n) is 8.67. The zero-order chi connectivity index (χ0) is 23.8. The zero-order valence-electron chi connectivity index (χ0n) is 19.8. The van der Waals surface area contributed by atoms with Crippen LogP contribution in [0.25, 0.3) is 5.69 Å². The molecule has 1 N–H and O–H groups in total. The zero-order valence-corrected chi connectivity index (χ0v) is 20.6. The van der Waals surface area contributed by atoms with Crippen LogP contribution in [0.2, 0.25) is 0 Å². The van der Waals surface area contributed by atoms with Crippen LogP contribution in [0.4, 0.5) is 5.69 Å². The number of benzene rings is 2. The molecule has 0 unspecified atom stereocenters. The lowest BCUT2D eigenvalue weighted by molar-refractivity contribution is 0.414. The van der Waals surface area contributed by atoms with Gasteiger partial charge < -0.3 is 19.5 Å². The monoisotopic (exact) mass is 468 g/mol. The Labute approximate surface area is 206 Å². The number of aromatic nitrogens is 2. The molecule has 1 saturated heterocycles. The van der Waals surface area contributed by atoms with Crippen molar-refractivity contribution in [3.8, 4) is 11.4 Å². The molecule has 6 heteroatoms. The van der Waals surface area contributed by atoms with Crippen LogP contribution in [0.5, 0.6) is 5.75 Å². The number of hydrogen-bond acceptors (Lipinski definition) is 3. The lowest BCUT2D eigenvalue weighted by atomic mass is 9.96. The maximum Gasteiger partial charge on any atom is 0.174 e. The maximum absolute atomic E-state index is 5.90. The SMILES string of the molecule is COc1ccccc1N1C(=S)N[C@@H](c2ccccn2)[C@H]1c1cc(C)n(-c2ccc(C)cc2)c1C. The molecular formula is C28H28N4OS. The topological polar surface area (TPSA) is 42.3 Å². The smallest absolute Gasteiger partial charge is 0.174 e. The van der Waals surface area contributed by atoms with Crippen LogP contribution >= 0.6 is 12.2 Å². The van der Waals surface area contributed by atoms with E-state index in [4.69, 9.17) is 17.0 Å². The fourth-order valence-corrected chi connectivity index (χ4v) is 5.28. The third-order valence-electron chi connectivity index (χ3n) is 6.52. The Morgan fingerprint density at radius 1 is 0.941 bits per heavy atom. The quantitative estimate of drug-likeness (QED) is 0.365. The van der Waals surface area contributed by atoms with E-state index in [0.29, 0.717) is 5.11 Å². The fourth-order valence-electron chi connectivity index (χ4n) is 4.94. The Balaban J connectivity index is 1.70. The van der Waals surface area contributed by atoms with Crippen molar-refractivity contribution in [3.05, 3.63) is 107 Å². The van der Waals surface area contributed by atoms with Crippen LogP contribution in [0, 0.1) is 20.8 Å². The largest absolute Gasteiger partial charge is 0.495 e. The molecule has 0 spiro atoms. The number of hydrogen-bond donors (Lipinski definition) is 1. The summed E-state index contributed by atoms with van der Waals surface area (Å²) in [4.78, 5) is 6.86. The molecule has 2 aromatic carbocycles. The number of aryl methyl sites for hydroxylation is 2. The minimum Gasteiger partial charge on any atom is -0.495 e.